The predicted octanol–water partition coefficient (Wildman–Crippen LogP) is 4.80. The molecule has 0 aliphatic heterocycles. The van der Waals surface area contributed by atoms with Crippen LogP contribution in [-0.4, -0.2) is 16.9 Å². The Morgan fingerprint density at radius 1 is 1.00 bits per heavy atom. The molecule has 3 aliphatic carbocycles. The summed E-state index contributed by atoms with van der Waals surface area (Å²) in [5.74, 6) is 3.20. The molecule has 2 nitrogen and oxygen atoms in total. The van der Waals surface area contributed by atoms with Gasteiger partial charge in [-0.15, -0.1) is 0 Å². The molecule has 0 aromatic rings. The monoisotopic (exact) mass is 291 g/mol. The smallest absolute Gasteiger partial charge is 0.0596 e. The van der Waals surface area contributed by atoms with Gasteiger partial charge in [-0.3, -0.25) is 0 Å². The van der Waals surface area contributed by atoms with Crippen LogP contribution < -0.4 is 0 Å². The fraction of sp³-hybridized carbons (Fsp3) is 0.947. The van der Waals surface area contributed by atoms with Crippen LogP contribution in [0.5, 0.6) is 0 Å². The molecule has 6 unspecified atom stereocenters. The maximum absolute atomic E-state index is 10.5. The number of nitrogens with one attached hydrogen (secondary N) is 1. The second kappa shape index (κ2) is 6.02. The van der Waals surface area contributed by atoms with Crippen molar-refractivity contribution in [1.82, 2.24) is 0 Å². The van der Waals surface area contributed by atoms with E-state index >= 15 is 0 Å². The van der Waals surface area contributed by atoms with E-state index in [4.69, 9.17) is 5.41 Å². The lowest BCUT2D eigenvalue weighted by Gasteiger charge is -2.50. The Balaban J connectivity index is 1.79. The van der Waals surface area contributed by atoms with Gasteiger partial charge in [-0.05, 0) is 86.9 Å². The molecule has 0 aromatic heterocycles. The van der Waals surface area contributed by atoms with Gasteiger partial charge in [-0.25, -0.2) is 0 Å². The van der Waals surface area contributed by atoms with E-state index in [0.29, 0.717) is 0 Å². The van der Waals surface area contributed by atoms with E-state index < -0.39 is 0 Å². The summed E-state index contributed by atoms with van der Waals surface area (Å²) >= 11 is 0. The van der Waals surface area contributed by atoms with Crippen molar-refractivity contribution in [2.24, 2.45) is 29.1 Å². The van der Waals surface area contributed by atoms with Gasteiger partial charge in [-0.1, -0.05) is 20.3 Å². The molecular weight excluding hydrogens is 258 g/mol. The van der Waals surface area contributed by atoms with Crippen molar-refractivity contribution in [1.29, 1.82) is 5.41 Å². The van der Waals surface area contributed by atoms with Crippen LogP contribution in [0.3, 0.4) is 0 Å². The summed E-state index contributed by atoms with van der Waals surface area (Å²) in [6.45, 7) is 4.80. The molecule has 2 N–H and O–H groups in total. The van der Waals surface area contributed by atoms with E-state index in [-0.39, 0.29) is 11.5 Å². The summed E-state index contributed by atoms with van der Waals surface area (Å²) < 4.78 is 0. The van der Waals surface area contributed by atoms with Crippen LogP contribution in [-0.2, 0) is 0 Å². The average molecular weight is 291 g/mol. The zero-order chi connectivity index (χ0) is 15.0. The van der Waals surface area contributed by atoms with Crippen LogP contribution in [0, 0.1) is 34.5 Å². The third-order valence-electron chi connectivity index (χ3n) is 7.34. The lowest BCUT2D eigenvalue weighted by molar-refractivity contribution is -0.0480. The van der Waals surface area contributed by atoms with E-state index in [9.17, 15) is 5.11 Å². The molecule has 0 bridgehead atoms. The van der Waals surface area contributed by atoms with Crippen LogP contribution in [0.1, 0.15) is 78.1 Å². The predicted molar refractivity (Wildman–Crippen MR) is 87.6 cm³/mol. The van der Waals surface area contributed by atoms with Crippen molar-refractivity contribution < 1.29 is 5.11 Å². The summed E-state index contributed by atoms with van der Waals surface area (Å²) in [5, 5.41) is 18.5. The first kappa shape index (κ1) is 15.5. The van der Waals surface area contributed by atoms with Gasteiger partial charge in [0.2, 0.25) is 0 Å². The van der Waals surface area contributed by atoms with Crippen LogP contribution in [0.4, 0.5) is 0 Å². The van der Waals surface area contributed by atoms with Crippen molar-refractivity contribution in [3.8, 4) is 0 Å². The summed E-state index contributed by atoms with van der Waals surface area (Å²) in [5.41, 5.74) is 1.19. The molecule has 3 aliphatic rings. The van der Waals surface area contributed by atoms with E-state index in [2.05, 4.69) is 13.8 Å². The first-order valence-corrected chi connectivity index (χ1v) is 9.26. The average Bonchev–Trinajstić information content (AvgIpc) is 2.76. The lowest BCUT2D eigenvalue weighted by atomic mass is 9.56. The summed E-state index contributed by atoms with van der Waals surface area (Å²) in [6, 6.07) is 0. The minimum Gasteiger partial charge on any atom is -0.393 e. The first-order chi connectivity index (χ1) is 10.0. The highest BCUT2D eigenvalue weighted by atomic mass is 16.3. The van der Waals surface area contributed by atoms with Gasteiger partial charge < -0.3 is 10.5 Å². The standard InChI is InChI=1S/C19H33NO/c1-13-7-8-14(20)5-3-4-6-16-15(13)11-12-19(2)17(16)9-10-18(19)21/h13,15-18,20-21H,3-12H2,1-2H3. The van der Waals surface area contributed by atoms with Crippen LogP contribution >= 0.6 is 0 Å². The van der Waals surface area contributed by atoms with Crippen LogP contribution in [0.2, 0.25) is 0 Å². The zero-order valence-electron chi connectivity index (χ0n) is 13.9. The van der Waals surface area contributed by atoms with Gasteiger partial charge in [0, 0.05) is 5.71 Å². The topological polar surface area (TPSA) is 44.1 Å². The minimum atomic E-state index is -0.0534. The molecule has 21 heavy (non-hydrogen) atoms. The summed E-state index contributed by atoms with van der Waals surface area (Å²) in [7, 11) is 0. The Morgan fingerprint density at radius 2 is 1.81 bits per heavy atom. The quantitative estimate of drug-likeness (QED) is 0.661. The fourth-order valence-corrected chi connectivity index (χ4v) is 5.87. The molecule has 2 heteroatoms. The van der Waals surface area contributed by atoms with E-state index in [1.165, 1.54) is 44.9 Å². The third-order valence-corrected chi connectivity index (χ3v) is 7.34. The van der Waals surface area contributed by atoms with Crippen molar-refractivity contribution in [3.05, 3.63) is 0 Å². The molecule has 3 rings (SSSR count). The highest BCUT2D eigenvalue weighted by Gasteiger charge is 2.53. The maximum atomic E-state index is 10.5. The lowest BCUT2D eigenvalue weighted by Crippen LogP contribution is -2.45. The van der Waals surface area contributed by atoms with E-state index in [1.807, 2.05) is 0 Å². The first-order valence-electron chi connectivity index (χ1n) is 9.26. The van der Waals surface area contributed by atoms with Crippen LogP contribution in [0.15, 0.2) is 0 Å². The Hall–Kier alpha value is -0.370. The third kappa shape index (κ3) is 2.81. The van der Waals surface area contributed by atoms with E-state index in [1.54, 1.807) is 0 Å². The van der Waals surface area contributed by atoms with E-state index in [0.717, 1.165) is 48.6 Å². The molecule has 0 spiro atoms. The Morgan fingerprint density at radius 3 is 2.62 bits per heavy atom. The molecule has 120 valence electrons. The molecule has 0 heterocycles. The number of rotatable bonds is 0. The summed E-state index contributed by atoms with van der Waals surface area (Å²) in [6.07, 6.45) is 11.9. The number of aliphatic hydroxyl groups excluding tert-OH is 1. The highest BCUT2D eigenvalue weighted by Crippen LogP contribution is 2.58. The second-order valence-corrected chi connectivity index (χ2v) is 8.44. The molecule has 0 amide bonds. The van der Waals surface area contributed by atoms with Crippen molar-refractivity contribution in [2.45, 2.75) is 84.2 Å². The second-order valence-electron chi connectivity index (χ2n) is 8.44. The van der Waals surface area contributed by atoms with Gasteiger partial charge in [0.15, 0.2) is 0 Å². The zero-order valence-corrected chi connectivity index (χ0v) is 13.9. The molecular formula is C19H33NO. The van der Waals surface area contributed by atoms with Gasteiger partial charge in [-0.2, -0.15) is 0 Å². The molecule has 0 saturated heterocycles. The summed E-state index contributed by atoms with van der Waals surface area (Å²) in [4.78, 5) is 0. The van der Waals surface area contributed by atoms with Gasteiger partial charge in [0.25, 0.3) is 0 Å². The molecule has 3 fully saturated rings. The van der Waals surface area contributed by atoms with Crippen molar-refractivity contribution in [3.63, 3.8) is 0 Å². The van der Waals surface area contributed by atoms with Gasteiger partial charge in [0.05, 0.1) is 6.10 Å². The maximum Gasteiger partial charge on any atom is 0.0596 e. The molecule has 6 atom stereocenters. The number of hydrogen-bond donors (Lipinski definition) is 2. The van der Waals surface area contributed by atoms with Gasteiger partial charge >= 0.3 is 0 Å². The molecule has 0 radical (unpaired) electrons. The largest absolute Gasteiger partial charge is 0.393 e. The normalized spacial score (nSPS) is 48.5. The Bertz CT molecular complexity index is 393. The number of aliphatic hydroxyl groups is 1. The highest BCUT2D eigenvalue weighted by molar-refractivity contribution is 5.81. The molecule has 3 saturated carbocycles. The number of hydrogen-bond acceptors (Lipinski definition) is 2. The van der Waals surface area contributed by atoms with Crippen molar-refractivity contribution in [2.75, 3.05) is 0 Å². The SMILES string of the molecule is CC1CCC(=N)CCCCC2C1CCC1(C)C(O)CCC21. The number of fused-ring (bicyclic) bond motifs is 3. The van der Waals surface area contributed by atoms with Gasteiger partial charge in [0.1, 0.15) is 0 Å². The van der Waals surface area contributed by atoms with Crippen LogP contribution in [0.25, 0.3) is 0 Å². The Kier molecular flexibility index (Phi) is 4.45. The van der Waals surface area contributed by atoms with Crippen molar-refractivity contribution >= 4 is 5.71 Å². The Labute approximate surface area is 130 Å². The minimum absolute atomic E-state index is 0.0534. The molecule has 0 aromatic carbocycles. The fourth-order valence-electron chi connectivity index (χ4n) is 5.87.